The third-order valence-electron chi connectivity index (χ3n) is 3.66. The summed E-state index contributed by atoms with van der Waals surface area (Å²) in [5.41, 5.74) is 1.62. The van der Waals surface area contributed by atoms with E-state index in [1.54, 1.807) is 13.0 Å². The Labute approximate surface area is 181 Å². The van der Waals surface area contributed by atoms with Crippen molar-refractivity contribution in [3.63, 3.8) is 0 Å². The zero-order chi connectivity index (χ0) is 20.9. The second kappa shape index (κ2) is 13.9. The molecular formula is C20H27Cl3FNO3. The first-order chi connectivity index (χ1) is 13.3. The first kappa shape index (κ1) is 24.9. The highest BCUT2D eigenvalue weighted by atomic mass is 35.5. The Bertz CT molecular complexity index is 673. The highest BCUT2D eigenvalue weighted by Crippen LogP contribution is 2.37. The van der Waals surface area contributed by atoms with Crippen LogP contribution in [0.1, 0.15) is 51.5 Å². The summed E-state index contributed by atoms with van der Waals surface area (Å²) in [6.07, 6.45) is 6.41. The molecule has 0 aliphatic rings. The molecule has 0 N–H and O–H groups in total. The molecule has 158 valence electrons. The summed E-state index contributed by atoms with van der Waals surface area (Å²) in [7, 11) is 0. The van der Waals surface area contributed by atoms with Crippen LogP contribution >= 0.6 is 34.8 Å². The van der Waals surface area contributed by atoms with Crippen molar-refractivity contribution < 1.29 is 18.7 Å². The largest absolute Gasteiger partial charge is 0.492 e. The average Bonchev–Trinajstić information content (AvgIpc) is 2.62. The van der Waals surface area contributed by atoms with Gasteiger partial charge < -0.3 is 14.3 Å². The van der Waals surface area contributed by atoms with E-state index in [4.69, 9.17) is 49.1 Å². The van der Waals surface area contributed by atoms with E-state index in [9.17, 15) is 4.39 Å². The number of benzene rings is 1. The summed E-state index contributed by atoms with van der Waals surface area (Å²) in [5, 5.41) is 3.81. The molecular weight excluding hydrogens is 428 g/mol. The van der Waals surface area contributed by atoms with Gasteiger partial charge in [-0.1, -0.05) is 52.8 Å². The fraction of sp³-hybridized carbons (Fsp3) is 0.550. The first-order valence-electron chi connectivity index (χ1n) is 9.21. The Hall–Kier alpha value is -1.17. The summed E-state index contributed by atoms with van der Waals surface area (Å²) in [5.74, 6) is -0.282. The van der Waals surface area contributed by atoms with Gasteiger partial charge >= 0.3 is 0 Å². The highest BCUT2D eigenvalue weighted by Gasteiger charge is 2.17. The maximum Gasteiger partial charge on any atom is 0.187 e. The predicted octanol–water partition coefficient (Wildman–Crippen LogP) is 7.23. The Morgan fingerprint density at radius 1 is 1.07 bits per heavy atom. The van der Waals surface area contributed by atoms with E-state index >= 15 is 0 Å². The topological polar surface area (TPSA) is 40.0 Å². The van der Waals surface area contributed by atoms with Crippen LogP contribution in [0.2, 0.25) is 5.02 Å². The van der Waals surface area contributed by atoms with Gasteiger partial charge in [-0.15, -0.1) is 0 Å². The van der Waals surface area contributed by atoms with Crippen LogP contribution in [0.5, 0.6) is 11.5 Å². The van der Waals surface area contributed by atoms with Gasteiger partial charge in [-0.05, 0) is 57.7 Å². The minimum Gasteiger partial charge on any atom is -0.492 e. The molecule has 0 fully saturated rings. The van der Waals surface area contributed by atoms with Crippen molar-refractivity contribution in [1.29, 1.82) is 0 Å². The smallest absolute Gasteiger partial charge is 0.187 e. The van der Waals surface area contributed by atoms with Crippen LogP contribution in [-0.2, 0) is 4.84 Å². The van der Waals surface area contributed by atoms with Crippen molar-refractivity contribution in [2.24, 2.45) is 5.16 Å². The molecule has 0 aliphatic heterocycles. The van der Waals surface area contributed by atoms with Crippen LogP contribution in [0.3, 0.4) is 0 Å². The van der Waals surface area contributed by atoms with Gasteiger partial charge in [-0.2, -0.15) is 0 Å². The van der Waals surface area contributed by atoms with Crippen molar-refractivity contribution in [2.75, 3.05) is 19.8 Å². The SMILES string of the molecule is CC(C)=NOCCCCCCCOc1c(C)cc(OCC=C(Cl)Cl)c(F)c1Cl. The Morgan fingerprint density at radius 3 is 2.36 bits per heavy atom. The number of ether oxygens (including phenoxy) is 2. The van der Waals surface area contributed by atoms with Gasteiger partial charge in [-0.3, -0.25) is 0 Å². The lowest BCUT2D eigenvalue weighted by Gasteiger charge is -2.14. The lowest BCUT2D eigenvalue weighted by Crippen LogP contribution is -2.03. The number of rotatable bonds is 13. The fourth-order valence-electron chi connectivity index (χ4n) is 2.33. The van der Waals surface area contributed by atoms with Gasteiger partial charge in [0, 0.05) is 0 Å². The molecule has 0 saturated carbocycles. The highest BCUT2D eigenvalue weighted by molar-refractivity contribution is 6.55. The van der Waals surface area contributed by atoms with E-state index in [0.29, 0.717) is 24.5 Å². The number of hydrogen-bond donors (Lipinski definition) is 0. The minimum absolute atomic E-state index is 0.0329. The van der Waals surface area contributed by atoms with Gasteiger partial charge in [0.1, 0.15) is 28.5 Å². The average molecular weight is 455 g/mol. The monoisotopic (exact) mass is 453 g/mol. The summed E-state index contributed by atoms with van der Waals surface area (Å²) in [6, 6.07) is 1.55. The summed E-state index contributed by atoms with van der Waals surface area (Å²) >= 11 is 17.1. The Kier molecular flexibility index (Phi) is 12.4. The second-order valence-corrected chi connectivity index (χ2v) is 7.83. The third kappa shape index (κ3) is 9.85. The molecule has 0 spiro atoms. The molecule has 28 heavy (non-hydrogen) atoms. The van der Waals surface area contributed by atoms with Crippen molar-refractivity contribution in [3.05, 3.63) is 33.0 Å². The predicted molar refractivity (Wildman–Crippen MR) is 115 cm³/mol. The number of halogens is 4. The van der Waals surface area contributed by atoms with Gasteiger partial charge in [0.05, 0.1) is 12.3 Å². The van der Waals surface area contributed by atoms with E-state index in [1.165, 1.54) is 6.08 Å². The normalized spacial score (nSPS) is 10.4. The van der Waals surface area contributed by atoms with Gasteiger partial charge in [0.2, 0.25) is 0 Å². The summed E-state index contributed by atoms with van der Waals surface area (Å²) < 4.78 is 25.4. The molecule has 0 aromatic heterocycles. The van der Waals surface area contributed by atoms with E-state index in [-0.39, 0.29) is 21.9 Å². The third-order valence-corrected chi connectivity index (χ3v) is 4.31. The number of oxime groups is 1. The van der Waals surface area contributed by atoms with Gasteiger partial charge in [0.15, 0.2) is 11.6 Å². The molecule has 4 nitrogen and oxygen atoms in total. The van der Waals surface area contributed by atoms with Crippen LogP contribution in [0.25, 0.3) is 0 Å². The maximum atomic E-state index is 14.3. The standard InChI is InChI=1S/C20H27Cl3FNO3/c1-14(2)25-28-11-8-6-4-5-7-10-27-20-15(3)13-16(19(24)18(20)23)26-12-9-17(21)22/h9,13H,4-8,10-12H2,1-3H3. The van der Waals surface area contributed by atoms with Crippen molar-refractivity contribution in [3.8, 4) is 11.5 Å². The molecule has 0 radical (unpaired) electrons. The Balaban J connectivity index is 2.35. The lowest BCUT2D eigenvalue weighted by atomic mass is 10.1. The van der Waals surface area contributed by atoms with Crippen LogP contribution in [0, 0.1) is 12.7 Å². The van der Waals surface area contributed by atoms with Crippen LogP contribution in [0.15, 0.2) is 21.8 Å². The number of nitrogens with zero attached hydrogens (tertiary/aromatic N) is 1. The molecule has 0 heterocycles. The number of hydrogen-bond acceptors (Lipinski definition) is 4. The zero-order valence-corrected chi connectivity index (χ0v) is 18.8. The number of aryl methyl sites for hydroxylation is 1. The Morgan fingerprint density at radius 2 is 1.71 bits per heavy atom. The minimum atomic E-state index is -0.661. The van der Waals surface area contributed by atoms with E-state index in [2.05, 4.69) is 5.16 Å². The number of unbranched alkanes of at least 4 members (excludes halogenated alkanes) is 4. The molecule has 1 aromatic carbocycles. The molecule has 0 atom stereocenters. The van der Waals surface area contributed by atoms with Crippen molar-refractivity contribution >= 4 is 40.5 Å². The quantitative estimate of drug-likeness (QED) is 0.179. The molecule has 0 aliphatic carbocycles. The van der Waals surface area contributed by atoms with Gasteiger partial charge in [-0.25, -0.2) is 4.39 Å². The molecule has 1 rings (SSSR count). The van der Waals surface area contributed by atoms with Gasteiger partial charge in [0.25, 0.3) is 0 Å². The van der Waals surface area contributed by atoms with E-state index < -0.39 is 5.82 Å². The fourth-order valence-corrected chi connectivity index (χ4v) is 2.75. The maximum absolute atomic E-state index is 14.3. The van der Waals surface area contributed by atoms with E-state index in [0.717, 1.165) is 37.8 Å². The van der Waals surface area contributed by atoms with Crippen LogP contribution in [-0.4, -0.2) is 25.5 Å². The molecule has 0 saturated heterocycles. The zero-order valence-electron chi connectivity index (χ0n) is 16.5. The molecule has 8 heteroatoms. The van der Waals surface area contributed by atoms with Crippen molar-refractivity contribution in [2.45, 2.75) is 52.9 Å². The molecule has 1 aromatic rings. The van der Waals surface area contributed by atoms with E-state index in [1.807, 2.05) is 13.8 Å². The molecule has 0 unspecified atom stereocenters. The van der Waals surface area contributed by atoms with Crippen LogP contribution in [0.4, 0.5) is 4.39 Å². The summed E-state index contributed by atoms with van der Waals surface area (Å²) in [4.78, 5) is 5.15. The second-order valence-electron chi connectivity index (χ2n) is 6.44. The summed E-state index contributed by atoms with van der Waals surface area (Å²) in [6.45, 7) is 6.74. The lowest BCUT2D eigenvalue weighted by molar-refractivity contribution is 0.139. The van der Waals surface area contributed by atoms with Crippen LogP contribution < -0.4 is 9.47 Å². The molecule has 0 amide bonds. The first-order valence-corrected chi connectivity index (χ1v) is 10.3. The van der Waals surface area contributed by atoms with Crippen molar-refractivity contribution in [1.82, 2.24) is 0 Å². The molecule has 0 bridgehead atoms.